The van der Waals surface area contributed by atoms with Crippen molar-refractivity contribution in [3.05, 3.63) is 54.9 Å². The second kappa shape index (κ2) is 6.86. The third-order valence-electron chi connectivity index (χ3n) is 3.38. The lowest BCUT2D eigenvalue weighted by atomic mass is 10.0. The van der Waals surface area contributed by atoms with Crippen molar-refractivity contribution in [2.45, 2.75) is 19.8 Å². The average Bonchev–Trinajstić information content (AvgIpc) is 3.10. The van der Waals surface area contributed by atoms with Crippen molar-refractivity contribution in [2.75, 3.05) is 10.6 Å². The Morgan fingerprint density at radius 1 is 1.08 bits per heavy atom. The van der Waals surface area contributed by atoms with Crippen molar-refractivity contribution in [3.63, 3.8) is 0 Å². The highest BCUT2D eigenvalue weighted by atomic mass is 16.2. The Morgan fingerprint density at radius 2 is 1.88 bits per heavy atom. The second-order valence-corrected chi connectivity index (χ2v) is 5.46. The van der Waals surface area contributed by atoms with Gasteiger partial charge in [0.2, 0.25) is 0 Å². The Bertz CT molecular complexity index is 813. The normalized spacial score (nSPS) is 10.6. The highest BCUT2D eigenvalue weighted by Gasteiger charge is 2.07. The molecule has 0 spiro atoms. The largest absolute Gasteiger partial charge is 0.324 e. The van der Waals surface area contributed by atoms with E-state index >= 15 is 0 Å². The number of amides is 2. The van der Waals surface area contributed by atoms with E-state index < -0.39 is 0 Å². The highest BCUT2D eigenvalue weighted by molar-refractivity contribution is 5.99. The molecule has 3 aromatic rings. The maximum absolute atomic E-state index is 12.1. The summed E-state index contributed by atoms with van der Waals surface area (Å²) in [5, 5.41) is 9.42. The summed E-state index contributed by atoms with van der Waals surface area (Å²) in [6.07, 6.45) is 4.27. The fraction of sp³-hybridized carbons (Fsp3) is 0.188. The van der Waals surface area contributed by atoms with Gasteiger partial charge in [0.1, 0.15) is 24.8 Å². The van der Waals surface area contributed by atoms with Gasteiger partial charge in [0.25, 0.3) is 0 Å². The van der Waals surface area contributed by atoms with E-state index in [2.05, 4.69) is 44.5 Å². The predicted octanol–water partition coefficient (Wildman–Crippen LogP) is 2.82. The van der Waals surface area contributed by atoms with Crippen LogP contribution in [0.3, 0.4) is 0 Å². The molecular weight excluding hydrogens is 306 g/mol. The summed E-state index contributed by atoms with van der Waals surface area (Å²) in [6, 6.07) is 8.96. The average molecular weight is 323 g/mol. The van der Waals surface area contributed by atoms with Gasteiger partial charge in [-0.1, -0.05) is 26.0 Å². The van der Waals surface area contributed by atoms with E-state index in [1.165, 1.54) is 29.2 Å². The van der Waals surface area contributed by atoms with Crippen molar-refractivity contribution < 1.29 is 4.79 Å². The molecule has 0 radical (unpaired) electrons. The molecule has 0 atom stereocenters. The predicted molar refractivity (Wildman–Crippen MR) is 90.1 cm³/mol. The minimum Gasteiger partial charge on any atom is -0.308 e. The number of carbonyl (C=O) groups excluding carboxylic acids is 1. The van der Waals surface area contributed by atoms with E-state index in [9.17, 15) is 4.79 Å². The van der Waals surface area contributed by atoms with Crippen molar-refractivity contribution in [3.8, 4) is 5.82 Å². The van der Waals surface area contributed by atoms with Crippen molar-refractivity contribution in [2.24, 2.45) is 0 Å². The van der Waals surface area contributed by atoms with E-state index in [1.807, 2.05) is 24.3 Å². The smallest absolute Gasteiger partial charge is 0.308 e. The van der Waals surface area contributed by atoms with Crippen LogP contribution in [0.5, 0.6) is 0 Å². The standard InChI is InChI=1S/C16H17N7O/c1-11(2)12-3-5-13(6-4-12)21-16(24)22-14-7-15(19-9-18-14)23-10-17-8-20-23/h3-11H,1-2H3,(H2,18,19,21,22,24). The summed E-state index contributed by atoms with van der Waals surface area (Å²) in [4.78, 5) is 24.0. The topological polar surface area (TPSA) is 97.6 Å². The molecule has 0 fully saturated rings. The molecule has 8 heteroatoms. The maximum atomic E-state index is 12.1. The molecule has 122 valence electrons. The Kier molecular flexibility index (Phi) is 4.46. The first kappa shape index (κ1) is 15.6. The summed E-state index contributed by atoms with van der Waals surface area (Å²) >= 11 is 0. The SMILES string of the molecule is CC(C)c1ccc(NC(=O)Nc2cc(-n3cncn3)ncn2)cc1. The van der Waals surface area contributed by atoms with Crippen LogP contribution in [0.1, 0.15) is 25.3 Å². The second-order valence-electron chi connectivity index (χ2n) is 5.46. The fourth-order valence-corrected chi connectivity index (χ4v) is 2.10. The molecule has 2 N–H and O–H groups in total. The van der Waals surface area contributed by atoms with E-state index in [1.54, 1.807) is 6.07 Å². The number of hydrogen-bond donors (Lipinski definition) is 2. The third-order valence-corrected chi connectivity index (χ3v) is 3.38. The first-order valence-electron chi connectivity index (χ1n) is 7.47. The molecular formula is C16H17N7O. The summed E-state index contributed by atoms with van der Waals surface area (Å²) in [5.74, 6) is 1.33. The number of rotatable bonds is 4. The number of hydrogen-bond acceptors (Lipinski definition) is 5. The van der Waals surface area contributed by atoms with Crippen LogP contribution in [-0.2, 0) is 0 Å². The van der Waals surface area contributed by atoms with Gasteiger partial charge in [-0.2, -0.15) is 5.10 Å². The molecule has 2 aromatic heterocycles. The summed E-state index contributed by atoms with van der Waals surface area (Å²) in [6.45, 7) is 4.24. The first-order valence-corrected chi connectivity index (χ1v) is 7.47. The molecule has 1 aromatic carbocycles. The zero-order chi connectivity index (χ0) is 16.9. The number of nitrogens with zero attached hydrogens (tertiary/aromatic N) is 5. The van der Waals surface area contributed by atoms with Gasteiger partial charge in [-0.05, 0) is 23.6 Å². The Balaban J connectivity index is 1.65. The molecule has 3 rings (SSSR count). The van der Waals surface area contributed by atoms with Crippen LogP contribution >= 0.6 is 0 Å². The number of benzene rings is 1. The summed E-state index contributed by atoms with van der Waals surface area (Å²) in [7, 11) is 0. The highest BCUT2D eigenvalue weighted by Crippen LogP contribution is 2.17. The van der Waals surface area contributed by atoms with Gasteiger partial charge in [-0.25, -0.2) is 24.4 Å². The van der Waals surface area contributed by atoms with E-state index in [0.29, 0.717) is 23.2 Å². The van der Waals surface area contributed by atoms with Gasteiger partial charge in [0, 0.05) is 11.8 Å². The van der Waals surface area contributed by atoms with Crippen LogP contribution in [0.2, 0.25) is 0 Å². The monoisotopic (exact) mass is 323 g/mol. The van der Waals surface area contributed by atoms with E-state index in [4.69, 9.17) is 0 Å². The van der Waals surface area contributed by atoms with Crippen molar-refractivity contribution in [1.82, 2.24) is 24.7 Å². The van der Waals surface area contributed by atoms with E-state index in [-0.39, 0.29) is 6.03 Å². The van der Waals surface area contributed by atoms with Gasteiger partial charge < -0.3 is 5.32 Å². The molecule has 8 nitrogen and oxygen atoms in total. The van der Waals surface area contributed by atoms with Crippen LogP contribution in [-0.4, -0.2) is 30.8 Å². The van der Waals surface area contributed by atoms with Gasteiger partial charge in [-0.15, -0.1) is 0 Å². The zero-order valence-corrected chi connectivity index (χ0v) is 13.3. The lowest BCUT2D eigenvalue weighted by molar-refractivity contribution is 0.262. The summed E-state index contributed by atoms with van der Waals surface area (Å²) in [5.41, 5.74) is 1.93. The molecule has 0 aliphatic heterocycles. The van der Waals surface area contributed by atoms with Crippen molar-refractivity contribution >= 4 is 17.5 Å². The fourth-order valence-electron chi connectivity index (χ4n) is 2.10. The molecule has 0 aliphatic rings. The summed E-state index contributed by atoms with van der Waals surface area (Å²) < 4.78 is 1.48. The molecule has 0 bridgehead atoms. The van der Waals surface area contributed by atoms with Crippen LogP contribution in [0.25, 0.3) is 5.82 Å². The van der Waals surface area contributed by atoms with Gasteiger partial charge >= 0.3 is 6.03 Å². The molecule has 0 saturated carbocycles. The third kappa shape index (κ3) is 3.72. The number of aromatic nitrogens is 5. The Hall–Kier alpha value is -3.29. The zero-order valence-electron chi connectivity index (χ0n) is 13.3. The van der Waals surface area contributed by atoms with Gasteiger partial charge in [0.05, 0.1) is 0 Å². The van der Waals surface area contributed by atoms with Gasteiger partial charge in [0.15, 0.2) is 5.82 Å². The van der Waals surface area contributed by atoms with Crippen LogP contribution in [0.4, 0.5) is 16.3 Å². The van der Waals surface area contributed by atoms with Crippen molar-refractivity contribution in [1.29, 1.82) is 0 Å². The lowest BCUT2D eigenvalue weighted by Crippen LogP contribution is -2.20. The quantitative estimate of drug-likeness (QED) is 0.769. The first-order chi connectivity index (χ1) is 11.6. The molecule has 0 saturated heterocycles. The molecule has 2 amide bonds. The Morgan fingerprint density at radius 3 is 2.54 bits per heavy atom. The Labute approximate surface area is 139 Å². The van der Waals surface area contributed by atoms with Crippen LogP contribution < -0.4 is 10.6 Å². The molecule has 0 unspecified atom stereocenters. The molecule has 0 aliphatic carbocycles. The number of urea groups is 1. The van der Waals surface area contributed by atoms with Crippen LogP contribution in [0, 0.1) is 0 Å². The minimum atomic E-state index is -0.379. The van der Waals surface area contributed by atoms with Crippen LogP contribution in [0.15, 0.2) is 49.3 Å². The lowest BCUT2D eigenvalue weighted by Gasteiger charge is -2.09. The molecule has 24 heavy (non-hydrogen) atoms. The van der Waals surface area contributed by atoms with E-state index in [0.717, 1.165) is 0 Å². The number of anilines is 2. The minimum absolute atomic E-state index is 0.367. The maximum Gasteiger partial charge on any atom is 0.324 e. The number of nitrogens with one attached hydrogen (secondary N) is 2. The number of carbonyl (C=O) groups is 1. The molecule has 2 heterocycles. The van der Waals surface area contributed by atoms with Gasteiger partial charge in [-0.3, -0.25) is 5.32 Å².